The van der Waals surface area contributed by atoms with Gasteiger partial charge in [-0.25, -0.2) is 0 Å². The summed E-state index contributed by atoms with van der Waals surface area (Å²) in [5.74, 6) is 1.50. The van der Waals surface area contributed by atoms with Crippen molar-refractivity contribution in [2.45, 2.75) is 40.5 Å². The molecular weight excluding hydrogens is 218 g/mol. The number of ketones is 1. The lowest BCUT2D eigenvalue weighted by molar-refractivity contribution is -0.119. The highest BCUT2D eigenvalue weighted by Gasteiger charge is 2.14. The van der Waals surface area contributed by atoms with E-state index < -0.39 is 0 Å². The van der Waals surface area contributed by atoms with Gasteiger partial charge in [-0.1, -0.05) is 13.8 Å². The van der Waals surface area contributed by atoms with Crippen LogP contribution in [0.5, 0.6) is 0 Å². The first-order valence-electron chi connectivity index (χ1n) is 6.16. The van der Waals surface area contributed by atoms with Crippen LogP contribution >= 0.6 is 0 Å². The van der Waals surface area contributed by atoms with E-state index in [1.165, 1.54) is 0 Å². The molecule has 0 bridgehead atoms. The van der Waals surface area contributed by atoms with Crippen molar-refractivity contribution in [3.8, 4) is 0 Å². The van der Waals surface area contributed by atoms with Gasteiger partial charge in [0.2, 0.25) is 5.89 Å². The van der Waals surface area contributed by atoms with Crippen LogP contribution in [0.4, 0.5) is 5.95 Å². The molecule has 1 heterocycles. The molecule has 0 aliphatic carbocycles. The second kappa shape index (κ2) is 6.37. The highest BCUT2D eigenvalue weighted by Crippen LogP contribution is 2.11. The Morgan fingerprint density at radius 1 is 1.35 bits per heavy atom. The minimum absolute atomic E-state index is 0.148. The summed E-state index contributed by atoms with van der Waals surface area (Å²) in [5.41, 5.74) is 0. The summed E-state index contributed by atoms with van der Waals surface area (Å²) < 4.78 is 5.08. The Hall–Kier alpha value is -1.39. The first-order chi connectivity index (χ1) is 8.06. The molecule has 96 valence electrons. The molecule has 0 aliphatic rings. The number of carbonyl (C=O) groups is 1. The molecular formula is C12H21N3O2. The summed E-state index contributed by atoms with van der Waals surface area (Å²) in [6, 6.07) is 0. The average molecular weight is 239 g/mol. The average Bonchev–Trinajstić information content (AvgIpc) is 2.67. The second-order valence-corrected chi connectivity index (χ2v) is 4.47. The Morgan fingerprint density at radius 2 is 2.00 bits per heavy atom. The second-order valence-electron chi connectivity index (χ2n) is 4.47. The van der Waals surface area contributed by atoms with Crippen LogP contribution in [0.2, 0.25) is 0 Å². The Kier molecular flexibility index (Phi) is 5.12. The van der Waals surface area contributed by atoms with E-state index in [-0.39, 0.29) is 12.2 Å². The number of nitrogens with zero attached hydrogens (tertiary/aromatic N) is 3. The van der Waals surface area contributed by atoms with Crippen molar-refractivity contribution >= 4 is 11.7 Å². The van der Waals surface area contributed by atoms with Crippen LogP contribution in [0.1, 0.15) is 40.0 Å². The normalized spacial score (nSPS) is 10.9. The zero-order valence-corrected chi connectivity index (χ0v) is 11.1. The fourth-order valence-electron chi connectivity index (χ4n) is 1.65. The number of aromatic nitrogens is 2. The highest BCUT2D eigenvalue weighted by atomic mass is 16.5. The maximum atomic E-state index is 11.6. The van der Waals surface area contributed by atoms with Crippen LogP contribution in [-0.2, 0) is 11.2 Å². The number of anilines is 1. The summed E-state index contributed by atoms with van der Waals surface area (Å²) in [7, 11) is 0. The molecule has 1 aromatic heterocycles. The lowest BCUT2D eigenvalue weighted by Crippen LogP contribution is -2.23. The van der Waals surface area contributed by atoms with E-state index in [1.54, 1.807) is 0 Å². The van der Waals surface area contributed by atoms with E-state index in [0.717, 1.165) is 13.1 Å². The van der Waals surface area contributed by atoms with E-state index >= 15 is 0 Å². The summed E-state index contributed by atoms with van der Waals surface area (Å²) in [6.07, 6.45) is 0.801. The van der Waals surface area contributed by atoms with Gasteiger partial charge in [0.05, 0.1) is 6.42 Å². The number of Topliss-reactive ketones (excluding diaryl/α,β-unsaturated/α-hetero) is 1. The summed E-state index contributed by atoms with van der Waals surface area (Å²) in [5, 5.41) is 3.88. The maximum Gasteiger partial charge on any atom is 0.266 e. The summed E-state index contributed by atoms with van der Waals surface area (Å²) in [4.78, 5) is 17.8. The Balaban J connectivity index is 2.59. The SMILES string of the molecule is CCN(CC)c1noc(CC(=O)CC(C)C)n1. The maximum absolute atomic E-state index is 11.6. The highest BCUT2D eigenvalue weighted by molar-refractivity contribution is 5.80. The predicted molar refractivity (Wildman–Crippen MR) is 66.0 cm³/mol. The van der Waals surface area contributed by atoms with Gasteiger partial charge in [-0.15, -0.1) is 0 Å². The zero-order chi connectivity index (χ0) is 12.8. The van der Waals surface area contributed by atoms with E-state index in [9.17, 15) is 4.79 Å². The van der Waals surface area contributed by atoms with E-state index in [2.05, 4.69) is 10.1 Å². The molecule has 0 saturated carbocycles. The molecule has 17 heavy (non-hydrogen) atoms. The molecule has 0 spiro atoms. The van der Waals surface area contributed by atoms with Gasteiger partial charge in [0.15, 0.2) is 0 Å². The molecule has 1 aromatic rings. The van der Waals surface area contributed by atoms with Crippen molar-refractivity contribution in [1.29, 1.82) is 0 Å². The molecule has 5 nitrogen and oxygen atoms in total. The Morgan fingerprint density at radius 3 is 2.53 bits per heavy atom. The van der Waals surface area contributed by atoms with E-state index in [0.29, 0.717) is 24.2 Å². The van der Waals surface area contributed by atoms with Crippen LogP contribution in [0.15, 0.2) is 4.52 Å². The van der Waals surface area contributed by atoms with Gasteiger partial charge >= 0.3 is 0 Å². The van der Waals surface area contributed by atoms with Gasteiger partial charge in [0.1, 0.15) is 5.78 Å². The molecule has 0 radical (unpaired) electrons. The van der Waals surface area contributed by atoms with Crippen molar-refractivity contribution in [1.82, 2.24) is 10.1 Å². The molecule has 0 fully saturated rings. The first kappa shape index (κ1) is 13.7. The minimum atomic E-state index is 0.148. The summed E-state index contributed by atoms with van der Waals surface area (Å²) >= 11 is 0. The van der Waals surface area contributed by atoms with Crippen LogP contribution in [0, 0.1) is 5.92 Å². The molecule has 0 aliphatic heterocycles. The van der Waals surface area contributed by atoms with E-state index in [4.69, 9.17) is 4.52 Å². The molecule has 0 unspecified atom stereocenters. The Bertz CT molecular complexity index is 356. The van der Waals surface area contributed by atoms with Crippen molar-refractivity contribution in [3.63, 3.8) is 0 Å². The van der Waals surface area contributed by atoms with Crippen molar-refractivity contribution < 1.29 is 9.32 Å². The first-order valence-corrected chi connectivity index (χ1v) is 6.16. The van der Waals surface area contributed by atoms with Gasteiger partial charge in [-0.3, -0.25) is 4.79 Å². The topological polar surface area (TPSA) is 59.2 Å². The summed E-state index contributed by atoms with van der Waals surface area (Å²) in [6.45, 7) is 9.76. The van der Waals surface area contributed by atoms with Gasteiger partial charge in [0.25, 0.3) is 5.95 Å². The smallest absolute Gasteiger partial charge is 0.266 e. The van der Waals surface area contributed by atoms with Gasteiger partial charge in [-0.2, -0.15) is 4.98 Å². The largest absolute Gasteiger partial charge is 0.339 e. The molecule has 0 saturated heterocycles. The molecule has 1 rings (SSSR count). The van der Waals surface area contributed by atoms with Crippen LogP contribution in [0.25, 0.3) is 0 Å². The minimum Gasteiger partial charge on any atom is -0.339 e. The number of carbonyl (C=O) groups excluding carboxylic acids is 1. The van der Waals surface area contributed by atoms with Crippen molar-refractivity contribution in [2.75, 3.05) is 18.0 Å². The monoisotopic (exact) mass is 239 g/mol. The number of hydrogen-bond acceptors (Lipinski definition) is 5. The van der Waals surface area contributed by atoms with Gasteiger partial charge < -0.3 is 9.42 Å². The third-order valence-electron chi connectivity index (χ3n) is 2.49. The van der Waals surface area contributed by atoms with E-state index in [1.807, 2.05) is 32.6 Å². The fourth-order valence-corrected chi connectivity index (χ4v) is 1.65. The van der Waals surface area contributed by atoms with Crippen LogP contribution in [0.3, 0.4) is 0 Å². The third-order valence-corrected chi connectivity index (χ3v) is 2.49. The quantitative estimate of drug-likeness (QED) is 0.729. The lowest BCUT2D eigenvalue weighted by atomic mass is 10.1. The lowest BCUT2D eigenvalue weighted by Gasteiger charge is -2.14. The van der Waals surface area contributed by atoms with Crippen molar-refractivity contribution in [2.24, 2.45) is 5.92 Å². The molecule has 0 aromatic carbocycles. The number of rotatable bonds is 7. The molecule has 0 amide bonds. The number of hydrogen-bond donors (Lipinski definition) is 0. The van der Waals surface area contributed by atoms with Gasteiger partial charge in [-0.05, 0) is 24.9 Å². The zero-order valence-electron chi connectivity index (χ0n) is 11.1. The van der Waals surface area contributed by atoms with Crippen molar-refractivity contribution in [3.05, 3.63) is 5.89 Å². The van der Waals surface area contributed by atoms with Crippen LogP contribution < -0.4 is 4.90 Å². The molecule has 5 heteroatoms. The third kappa shape index (κ3) is 4.17. The Labute approximate surface area is 102 Å². The molecule has 0 N–H and O–H groups in total. The van der Waals surface area contributed by atoms with Gasteiger partial charge in [0, 0.05) is 19.5 Å². The van der Waals surface area contributed by atoms with Crippen LogP contribution in [-0.4, -0.2) is 29.0 Å². The fraction of sp³-hybridized carbons (Fsp3) is 0.750. The standard InChI is InChI=1S/C12H21N3O2/c1-5-15(6-2)12-13-11(17-14-12)8-10(16)7-9(3)4/h9H,5-8H2,1-4H3. The molecule has 0 atom stereocenters. The predicted octanol–water partition coefficient (Wildman–Crippen LogP) is 2.07.